The number of aldehydes is 4. The van der Waals surface area contributed by atoms with Crippen LogP contribution in [0.5, 0.6) is 0 Å². The van der Waals surface area contributed by atoms with E-state index in [2.05, 4.69) is 0 Å². The van der Waals surface area contributed by atoms with Gasteiger partial charge in [-0.25, -0.2) is 0 Å². The lowest BCUT2D eigenvalue weighted by molar-refractivity contribution is -0.126. The molecule has 35 heavy (non-hydrogen) atoms. The second-order valence-electron chi connectivity index (χ2n) is 6.79. The first-order valence-electron chi connectivity index (χ1n) is 9.14. The molecule has 0 unspecified atom stereocenters. The van der Waals surface area contributed by atoms with Crippen LogP contribution in [0, 0.1) is 21.4 Å². The molecule has 0 fully saturated rings. The topological polar surface area (TPSA) is 109 Å². The van der Waals surface area contributed by atoms with Crippen molar-refractivity contribution < 1.29 is 28.8 Å². The zero-order chi connectivity index (χ0) is 26.8. The molecule has 0 aliphatic carbocycles. The number of benzene rings is 2. The predicted octanol–water partition coefficient (Wildman–Crippen LogP) is 5.58. The molecule has 184 valence electrons. The number of carbonyl (C=O) groups is 6. The molecule has 0 bridgehead atoms. The standard InChI is InChI=1S/C21H12I6N2O6/c1-28(20-16(24)8(4-30)14(22)9(5-31)17(20)25)12(34)3-13(35)29(2)21-18(26)10(6-32)15(23)11(7-33)19(21)27/h4-7H,3H2,1-2H3. The molecule has 0 atom stereocenters. The molecule has 0 N–H and O–H groups in total. The zero-order valence-corrected chi connectivity index (χ0v) is 30.6. The van der Waals surface area contributed by atoms with Crippen molar-refractivity contribution in [3.8, 4) is 0 Å². The fourth-order valence-corrected chi connectivity index (χ4v) is 11.8. The maximum absolute atomic E-state index is 13.1. The van der Waals surface area contributed by atoms with Crippen molar-refractivity contribution in [3.63, 3.8) is 0 Å². The number of halogens is 6. The second kappa shape index (κ2) is 13.5. The molecule has 14 heteroatoms. The lowest BCUT2D eigenvalue weighted by atomic mass is 10.1. The first kappa shape index (κ1) is 31.7. The molecule has 0 saturated heterocycles. The van der Waals surface area contributed by atoms with Gasteiger partial charge in [0.15, 0.2) is 25.1 Å². The van der Waals surface area contributed by atoms with E-state index in [0.717, 1.165) is 0 Å². The summed E-state index contributed by atoms with van der Waals surface area (Å²) in [5, 5.41) is 0. The second-order valence-corrected chi connectivity index (χ2v) is 13.3. The highest BCUT2D eigenvalue weighted by Crippen LogP contribution is 2.38. The molecular formula is C21H12I6N2O6. The largest absolute Gasteiger partial charge is 0.313 e. The summed E-state index contributed by atoms with van der Waals surface area (Å²) in [5.41, 5.74) is 1.88. The fraction of sp³-hybridized carbons (Fsp3) is 0.143. The third-order valence-corrected chi connectivity index (χ3v) is 11.6. The lowest BCUT2D eigenvalue weighted by Gasteiger charge is -2.26. The van der Waals surface area contributed by atoms with Crippen LogP contribution in [0.4, 0.5) is 11.4 Å². The Morgan fingerprint density at radius 3 is 0.971 bits per heavy atom. The minimum absolute atomic E-state index is 0.289. The van der Waals surface area contributed by atoms with Crippen molar-refractivity contribution >= 4 is 184 Å². The predicted molar refractivity (Wildman–Crippen MR) is 182 cm³/mol. The Kier molecular flexibility index (Phi) is 12.2. The van der Waals surface area contributed by atoms with Crippen LogP contribution in [0.1, 0.15) is 47.9 Å². The van der Waals surface area contributed by atoms with Crippen molar-refractivity contribution in [1.82, 2.24) is 0 Å². The van der Waals surface area contributed by atoms with Crippen LogP contribution in [-0.4, -0.2) is 51.1 Å². The maximum Gasteiger partial charge on any atom is 0.236 e. The highest BCUT2D eigenvalue weighted by atomic mass is 127. The van der Waals surface area contributed by atoms with Gasteiger partial charge in [0.1, 0.15) is 6.42 Å². The van der Waals surface area contributed by atoms with Gasteiger partial charge in [0.25, 0.3) is 0 Å². The number of rotatable bonds is 8. The SMILES string of the molecule is CN(C(=O)CC(=O)N(C)c1c(I)c(C=O)c(I)c(C=O)c1I)c1c(I)c(C=O)c(I)c(C=O)c1I. The van der Waals surface area contributed by atoms with Gasteiger partial charge in [-0.3, -0.25) is 28.8 Å². The molecule has 0 spiro atoms. The van der Waals surface area contributed by atoms with Crippen molar-refractivity contribution in [2.45, 2.75) is 6.42 Å². The van der Waals surface area contributed by atoms with Gasteiger partial charge in [0.2, 0.25) is 11.8 Å². The summed E-state index contributed by atoms with van der Waals surface area (Å²) < 4.78 is 2.93. The van der Waals surface area contributed by atoms with E-state index in [1.54, 1.807) is 0 Å². The van der Waals surface area contributed by atoms with E-state index < -0.39 is 18.2 Å². The fourth-order valence-electron chi connectivity index (χ4n) is 3.00. The summed E-state index contributed by atoms with van der Waals surface area (Å²) in [6, 6.07) is 0. The Labute approximate surface area is 282 Å². The summed E-state index contributed by atoms with van der Waals surface area (Å²) in [6.45, 7) is 0. The van der Waals surface area contributed by atoms with Gasteiger partial charge in [-0.2, -0.15) is 0 Å². The van der Waals surface area contributed by atoms with Crippen LogP contribution in [-0.2, 0) is 9.59 Å². The van der Waals surface area contributed by atoms with Crippen LogP contribution in [0.2, 0.25) is 0 Å². The first-order chi connectivity index (χ1) is 16.4. The van der Waals surface area contributed by atoms with Gasteiger partial charge in [0.05, 0.1) is 11.4 Å². The van der Waals surface area contributed by atoms with E-state index in [-0.39, 0.29) is 22.3 Å². The zero-order valence-electron chi connectivity index (χ0n) is 17.6. The number of amides is 2. The van der Waals surface area contributed by atoms with Crippen molar-refractivity contribution in [2.24, 2.45) is 0 Å². The Morgan fingerprint density at radius 2 is 0.771 bits per heavy atom. The van der Waals surface area contributed by atoms with Crippen molar-refractivity contribution in [3.05, 3.63) is 43.7 Å². The minimum atomic E-state index is -0.561. The molecule has 0 aromatic heterocycles. The van der Waals surface area contributed by atoms with Crippen LogP contribution in [0.25, 0.3) is 0 Å². The van der Waals surface area contributed by atoms with Crippen molar-refractivity contribution in [1.29, 1.82) is 0 Å². The van der Waals surface area contributed by atoms with E-state index in [1.165, 1.54) is 23.9 Å². The third kappa shape index (κ3) is 6.20. The minimum Gasteiger partial charge on any atom is -0.313 e. The van der Waals surface area contributed by atoms with Crippen LogP contribution in [0.3, 0.4) is 0 Å². The average Bonchev–Trinajstić information content (AvgIpc) is 2.79. The van der Waals surface area contributed by atoms with Gasteiger partial charge in [-0.15, -0.1) is 0 Å². The molecule has 0 saturated carbocycles. The maximum atomic E-state index is 13.1. The Morgan fingerprint density at radius 1 is 0.543 bits per heavy atom. The molecule has 0 heterocycles. The number of anilines is 2. The summed E-state index contributed by atoms with van der Waals surface area (Å²) in [7, 11) is 2.94. The van der Waals surface area contributed by atoms with Crippen LogP contribution >= 0.6 is 136 Å². The Balaban J connectivity index is 2.49. The quantitative estimate of drug-likeness (QED) is 0.194. The molecule has 2 amide bonds. The van der Waals surface area contributed by atoms with Crippen molar-refractivity contribution in [2.75, 3.05) is 23.9 Å². The summed E-state index contributed by atoms with van der Waals surface area (Å²) >= 11 is 11.6. The Hall–Kier alpha value is 0.440. The number of nitrogens with zero attached hydrogens (tertiary/aromatic N) is 2. The summed E-state index contributed by atoms with van der Waals surface area (Å²) in [4.78, 5) is 75.3. The monoisotopic (exact) mass is 1150 g/mol. The van der Waals surface area contributed by atoms with Gasteiger partial charge in [-0.05, 0) is 136 Å². The molecule has 0 aliphatic rings. The normalized spacial score (nSPS) is 10.5. The van der Waals surface area contributed by atoms with E-state index in [9.17, 15) is 28.8 Å². The smallest absolute Gasteiger partial charge is 0.236 e. The van der Waals surface area contributed by atoms with Gasteiger partial charge in [-0.1, -0.05) is 0 Å². The van der Waals surface area contributed by atoms with E-state index in [1.807, 2.05) is 136 Å². The number of hydrogen-bond acceptors (Lipinski definition) is 6. The highest BCUT2D eigenvalue weighted by molar-refractivity contribution is 14.1. The molecule has 2 aromatic rings. The third-order valence-electron chi connectivity index (χ3n) is 4.92. The number of hydrogen-bond donors (Lipinski definition) is 0. The van der Waals surface area contributed by atoms with Gasteiger partial charge < -0.3 is 9.80 Å². The van der Waals surface area contributed by atoms with E-state index >= 15 is 0 Å². The molecule has 2 rings (SSSR count). The molecule has 8 nitrogen and oxygen atoms in total. The van der Waals surface area contributed by atoms with E-state index in [4.69, 9.17) is 0 Å². The molecular weight excluding hydrogens is 1140 g/mol. The highest BCUT2D eigenvalue weighted by Gasteiger charge is 2.29. The molecule has 0 radical (unpaired) electrons. The molecule has 2 aromatic carbocycles. The molecule has 0 aliphatic heterocycles. The first-order valence-corrected chi connectivity index (χ1v) is 15.6. The van der Waals surface area contributed by atoms with Gasteiger partial charge in [0, 0.05) is 57.8 Å². The van der Waals surface area contributed by atoms with Crippen LogP contribution < -0.4 is 9.80 Å². The Bertz CT molecular complexity index is 1130. The lowest BCUT2D eigenvalue weighted by Crippen LogP contribution is -2.36. The van der Waals surface area contributed by atoms with Crippen LogP contribution in [0.15, 0.2) is 0 Å². The van der Waals surface area contributed by atoms with Gasteiger partial charge >= 0.3 is 0 Å². The average molecular weight is 1150 g/mol. The number of carbonyl (C=O) groups excluding carboxylic acids is 6. The summed E-state index contributed by atoms with van der Waals surface area (Å²) in [5.74, 6) is -1.12. The summed E-state index contributed by atoms with van der Waals surface area (Å²) in [6.07, 6.45) is 1.99. The van der Waals surface area contributed by atoms with E-state index in [0.29, 0.717) is 57.9 Å².